The topological polar surface area (TPSA) is 43.3 Å². The van der Waals surface area contributed by atoms with E-state index in [2.05, 4.69) is 18.0 Å². The Morgan fingerprint density at radius 1 is 1.58 bits per heavy atom. The fourth-order valence-corrected chi connectivity index (χ4v) is 1.39. The maximum Gasteiger partial charge on any atom is 0.0992 e. The minimum Gasteiger partial charge on any atom is -0.326 e. The molecule has 2 heterocycles. The number of hydrogen-bond acceptors (Lipinski definition) is 2. The van der Waals surface area contributed by atoms with E-state index < -0.39 is 0 Å². The molecule has 0 amide bonds. The molecule has 0 aliphatic rings. The fourth-order valence-electron chi connectivity index (χ4n) is 1.39. The van der Waals surface area contributed by atoms with Crippen LogP contribution in [0.5, 0.6) is 0 Å². The van der Waals surface area contributed by atoms with Crippen LogP contribution < -0.4 is 5.73 Å². The van der Waals surface area contributed by atoms with Crippen LogP contribution in [0.2, 0.25) is 0 Å². The van der Waals surface area contributed by atoms with Gasteiger partial charge in [0, 0.05) is 12.7 Å². The summed E-state index contributed by atoms with van der Waals surface area (Å²) in [4.78, 5) is 4.06. The van der Waals surface area contributed by atoms with Crippen LogP contribution in [0, 0.1) is 6.92 Å². The summed E-state index contributed by atoms with van der Waals surface area (Å²) in [6.45, 7) is 2.64. The first-order chi connectivity index (χ1) is 5.81. The zero-order chi connectivity index (χ0) is 8.55. The van der Waals surface area contributed by atoms with E-state index in [1.54, 1.807) is 6.33 Å². The Bertz CT molecular complexity index is 403. The summed E-state index contributed by atoms with van der Waals surface area (Å²) < 4.78 is 2.00. The predicted octanol–water partition coefficient (Wildman–Crippen LogP) is 1.10. The quantitative estimate of drug-likeness (QED) is 0.680. The molecule has 3 heteroatoms. The Kier molecular flexibility index (Phi) is 1.59. The van der Waals surface area contributed by atoms with Crippen molar-refractivity contribution in [1.29, 1.82) is 0 Å². The van der Waals surface area contributed by atoms with Crippen LogP contribution >= 0.6 is 0 Å². The average molecular weight is 161 g/mol. The van der Waals surface area contributed by atoms with Gasteiger partial charge in [0.05, 0.1) is 18.0 Å². The Labute approximate surface area is 70.8 Å². The summed E-state index contributed by atoms with van der Waals surface area (Å²) in [6, 6.07) is 2.09. The number of aromatic nitrogens is 2. The molecule has 0 radical (unpaired) electrons. The van der Waals surface area contributed by atoms with Gasteiger partial charge in [0.2, 0.25) is 0 Å². The lowest BCUT2D eigenvalue weighted by Gasteiger charge is -2.01. The molecule has 2 rings (SSSR count). The molecule has 62 valence electrons. The van der Waals surface area contributed by atoms with Crippen molar-refractivity contribution < 1.29 is 0 Å². The molecule has 0 saturated carbocycles. The van der Waals surface area contributed by atoms with Gasteiger partial charge in [-0.25, -0.2) is 4.98 Å². The lowest BCUT2D eigenvalue weighted by atomic mass is 10.2. The third-order valence-electron chi connectivity index (χ3n) is 2.01. The maximum atomic E-state index is 5.54. The summed E-state index contributed by atoms with van der Waals surface area (Å²) in [5.41, 5.74) is 9.05. The zero-order valence-electron chi connectivity index (χ0n) is 6.99. The van der Waals surface area contributed by atoms with Crippen LogP contribution in [-0.2, 0) is 6.54 Å². The van der Waals surface area contributed by atoms with Gasteiger partial charge in [-0.15, -0.1) is 0 Å². The van der Waals surface area contributed by atoms with Gasteiger partial charge in [0.25, 0.3) is 0 Å². The zero-order valence-corrected chi connectivity index (χ0v) is 6.99. The molecule has 2 N–H and O–H groups in total. The van der Waals surface area contributed by atoms with Crippen LogP contribution in [0.4, 0.5) is 0 Å². The van der Waals surface area contributed by atoms with E-state index in [0.29, 0.717) is 6.54 Å². The van der Waals surface area contributed by atoms with Crippen molar-refractivity contribution in [3.05, 3.63) is 35.9 Å². The second kappa shape index (κ2) is 2.60. The molecule has 0 unspecified atom stereocenters. The van der Waals surface area contributed by atoms with Gasteiger partial charge in [-0.1, -0.05) is 6.07 Å². The number of fused-ring (bicyclic) bond motifs is 1. The van der Waals surface area contributed by atoms with Gasteiger partial charge in [-0.2, -0.15) is 0 Å². The van der Waals surface area contributed by atoms with Crippen molar-refractivity contribution in [1.82, 2.24) is 9.38 Å². The van der Waals surface area contributed by atoms with Crippen LogP contribution in [0.25, 0.3) is 5.52 Å². The van der Waals surface area contributed by atoms with Gasteiger partial charge in [-0.3, -0.25) is 0 Å². The molecule has 0 bridgehead atoms. The standard InChI is InChI=1S/C9H11N3/c1-7-2-8(3-10)5-12-6-11-4-9(7)12/h2,4-6H,3,10H2,1H3. The summed E-state index contributed by atoms with van der Waals surface area (Å²) in [6.07, 6.45) is 5.66. The van der Waals surface area contributed by atoms with Crippen molar-refractivity contribution in [3.63, 3.8) is 0 Å². The molecule has 0 aliphatic carbocycles. The van der Waals surface area contributed by atoms with E-state index in [0.717, 1.165) is 11.1 Å². The van der Waals surface area contributed by atoms with Crippen LogP contribution in [0.1, 0.15) is 11.1 Å². The molecule has 0 saturated heterocycles. The second-order valence-corrected chi connectivity index (χ2v) is 2.92. The first kappa shape index (κ1) is 7.31. The van der Waals surface area contributed by atoms with Crippen LogP contribution in [0.3, 0.4) is 0 Å². The number of rotatable bonds is 1. The molecule has 3 nitrogen and oxygen atoms in total. The van der Waals surface area contributed by atoms with Crippen molar-refractivity contribution in [2.45, 2.75) is 13.5 Å². The lowest BCUT2D eigenvalue weighted by Crippen LogP contribution is -1.99. The molecule has 2 aromatic heterocycles. The molecule has 0 spiro atoms. The molecule has 0 atom stereocenters. The normalized spacial score (nSPS) is 10.8. The van der Waals surface area contributed by atoms with Crippen molar-refractivity contribution >= 4 is 5.52 Å². The summed E-state index contributed by atoms with van der Waals surface area (Å²) in [5.74, 6) is 0. The number of pyridine rings is 1. The van der Waals surface area contributed by atoms with Crippen LogP contribution in [-0.4, -0.2) is 9.38 Å². The SMILES string of the molecule is Cc1cc(CN)cn2cncc12. The van der Waals surface area contributed by atoms with Gasteiger partial charge in [0.15, 0.2) is 0 Å². The van der Waals surface area contributed by atoms with Crippen molar-refractivity contribution in [2.24, 2.45) is 5.73 Å². The molecule has 0 fully saturated rings. The predicted molar refractivity (Wildman–Crippen MR) is 47.8 cm³/mol. The minimum absolute atomic E-state index is 0.578. The van der Waals surface area contributed by atoms with E-state index in [4.69, 9.17) is 5.73 Å². The minimum atomic E-state index is 0.578. The van der Waals surface area contributed by atoms with Crippen molar-refractivity contribution in [3.8, 4) is 0 Å². The fraction of sp³-hybridized carbons (Fsp3) is 0.222. The first-order valence-corrected chi connectivity index (χ1v) is 3.92. The summed E-state index contributed by atoms with van der Waals surface area (Å²) in [5, 5.41) is 0. The number of nitrogens with two attached hydrogens (primary N) is 1. The highest BCUT2D eigenvalue weighted by atomic mass is 15.0. The highest BCUT2D eigenvalue weighted by molar-refractivity contribution is 5.53. The number of aryl methyl sites for hydroxylation is 1. The molecule has 12 heavy (non-hydrogen) atoms. The van der Waals surface area contributed by atoms with Gasteiger partial charge < -0.3 is 10.1 Å². The average Bonchev–Trinajstić information content (AvgIpc) is 2.52. The molecule has 2 aromatic rings. The monoisotopic (exact) mass is 161 g/mol. The van der Waals surface area contributed by atoms with Gasteiger partial charge >= 0.3 is 0 Å². The van der Waals surface area contributed by atoms with Crippen molar-refractivity contribution in [2.75, 3.05) is 0 Å². The van der Waals surface area contributed by atoms with E-state index >= 15 is 0 Å². The highest BCUT2D eigenvalue weighted by Gasteiger charge is 1.98. The van der Waals surface area contributed by atoms with E-state index in [9.17, 15) is 0 Å². The third kappa shape index (κ3) is 0.987. The van der Waals surface area contributed by atoms with E-state index in [1.165, 1.54) is 5.56 Å². The Hall–Kier alpha value is -1.35. The summed E-state index contributed by atoms with van der Waals surface area (Å²) in [7, 11) is 0. The Morgan fingerprint density at radius 2 is 2.42 bits per heavy atom. The Balaban J connectivity index is 2.75. The lowest BCUT2D eigenvalue weighted by molar-refractivity contribution is 1.02. The number of nitrogens with zero attached hydrogens (tertiary/aromatic N) is 2. The molecular weight excluding hydrogens is 150 g/mol. The maximum absolute atomic E-state index is 5.54. The second-order valence-electron chi connectivity index (χ2n) is 2.92. The Morgan fingerprint density at radius 3 is 3.17 bits per heavy atom. The largest absolute Gasteiger partial charge is 0.326 e. The molecule has 0 aromatic carbocycles. The number of hydrogen-bond donors (Lipinski definition) is 1. The van der Waals surface area contributed by atoms with Crippen LogP contribution in [0.15, 0.2) is 24.8 Å². The van der Waals surface area contributed by atoms with Gasteiger partial charge in [0.1, 0.15) is 0 Å². The smallest absolute Gasteiger partial charge is 0.0992 e. The molecular formula is C9H11N3. The van der Waals surface area contributed by atoms with Gasteiger partial charge in [-0.05, 0) is 18.1 Å². The number of imidazole rings is 1. The van der Waals surface area contributed by atoms with E-state index in [1.807, 2.05) is 16.8 Å². The first-order valence-electron chi connectivity index (χ1n) is 3.92. The third-order valence-corrected chi connectivity index (χ3v) is 2.01. The highest BCUT2D eigenvalue weighted by Crippen LogP contribution is 2.11. The van der Waals surface area contributed by atoms with E-state index in [-0.39, 0.29) is 0 Å². The molecule has 0 aliphatic heterocycles. The summed E-state index contributed by atoms with van der Waals surface area (Å²) >= 11 is 0.